The number of aliphatic hydroxyl groups is 2. The van der Waals surface area contributed by atoms with Crippen molar-refractivity contribution in [1.29, 1.82) is 0 Å². The summed E-state index contributed by atoms with van der Waals surface area (Å²) in [5.41, 5.74) is 0. The van der Waals surface area contributed by atoms with E-state index in [1.54, 1.807) is 0 Å². The van der Waals surface area contributed by atoms with Gasteiger partial charge in [0, 0.05) is 19.3 Å². The van der Waals surface area contributed by atoms with E-state index in [0.717, 1.165) is 141 Å². The van der Waals surface area contributed by atoms with Gasteiger partial charge in [0.15, 0.2) is 6.10 Å². The largest absolute Gasteiger partial charge is 0.472 e. The van der Waals surface area contributed by atoms with E-state index in [1.807, 2.05) is 0 Å². The summed E-state index contributed by atoms with van der Waals surface area (Å²) in [7, 11) is -9.82. The predicted octanol–water partition coefficient (Wildman–Crippen LogP) is 32.2. The van der Waals surface area contributed by atoms with Crippen molar-refractivity contribution in [2.24, 2.45) is 0 Å². The van der Waals surface area contributed by atoms with Gasteiger partial charge in [0.25, 0.3) is 0 Å². The van der Waals surface area contributed by atoms with Gasteiger partial charge in [0.2, 0.25) is 0 Å². The Morgan fingerprint density at radius 1 is 0.224 bits per heavy atom. The number of carbonyl (C=O) groups excluding carboxylic acids is 3. The molecule has 0 amide bonds. The Bertz CT molecular complexity index is 2850. The second-order valence-corrected chi connectivity index (χ2v) is 37.2. The lowest BCUT2D eigenvalue weighted by Gasteiger charge is -2.21. The molecule has 0 saturated heterocycles. The van der Waals surface area contributed by atoms with Crippen molar-refractivity contribution in [3.05, 3.63) is 146 Å². The Morgan fingerprint density at radius 2 is 0.400 bits per heavy atom. The zero-order valence-electron chi connectivity index (χ0n) is 80.0. The van der Waals surface area contributed by atoms with Crippen LogP contribution in [0.5, 0.6) is 0 Å². The van der Waals surface area contributed by atoms with Crippen molar-refractivity contribution < 1.29 is 75.8 Å². The molecule has 5 unspecified atom stereocenters. The lowest BCUT2D eigenvalue weighted by atomic mass is 10.0. The maximum absolute atomic E-state index is 13.1. The summed E-state index contributed by atoms with van der Waals surface area (Å²) in [5, 5.41) is 20.8. The number of ether oxygens (including phenoxy) is 3. The summed E-state index contributed by atoms with van der Waals surface area (Å²) < 4.78 is 61.7. The molecular weight excluding hydrogens is 1600 g/mol. The third kappa shape index (κ3) is 99.8. The van der Waals surface area contributed by atoms with Gasteiger partial charge in [-0.1, -0.05) is 430 Å². The molecule has 0 aromatic carbocycles. The molecule has 5 atom stereocenters. The summed E-state index contributed by atoms with van der Waals surface area (Å²) in [4.78, 5) is 59.2. The van der Waals surface area contributed by atoms with Crippen LogP contribution in [0, 0.1) is 0 Å². The highest BCUT2D eigenvalue weighted by atomic mass is 31.2. The van der Waals surface area contributed by atoms with Gasteiger partial charge in [-0.15, -0.1) is 0 Å². The van der Waals surface area contributed by atoms with E-state index in [-0.39, 0.29) is 19.3 Å². The van der Waals surface area contributed by atoms with Gasteiger partial charge < -0.3 is 34.2 Å². The fourth-order valence-corrected chi connectivity index (χ4v) is 15.8. The van der Waals surface area contributed by atoms with E-state index in [1.165, 1.54) is 257 Å². The van der Waals surface area contributed by atoms with Gasteiger partial charge in [0.1, 0.15) is 25.4 Å². The maximum atomic E-state index is 13.1. The average molecular weight is 1790 g/mol. The normalized spacial score (nSPS) is 14.3. The molecule has 0 bridgehead atoms. The number of hydrogen-bond acceptors (Lipinski definition) is 14. The molecule has 16 nitrogen and oxygen atoms in total. The minimum atomic E-state index is -4.95. The SMILES string of the molecule is CCCCC/C=C\C/C=C\C/C=C\C/C=C\CCCCCCCCCCCCCCCCCCCCCC(=O)OCC(O)COP(=O)(O)OCC(O)COP(=O)(O)OCC(COC(=O)CCCCCCCCCCCCC/C=C\C/C=C\C/C=C\C/C=C\CCCCC)OC(=O)CCCCCCCCCCCCC/C=C\C/C=C\C/C=C\C/C=C\CCCCC. The quantitative estimate of drug-likeness (QED) is 0.0146. The third-order valence-electron chi connectivity index (χ3n) is 22.0. The molecule has 0 heterocycles. The second-order valence-electron chi connectivity index (χ2n) is 34.3. The predicted molar refractivity (Wildman–Crippen MR) is 528 cm³/mol. The highest BCUT2D eigenvalue weighted by molar-refractivity contribution is 7.47. The number of unbranched alkanes of at least 4 members (excludes halogenated alkanes) is 50. The number of hydrogen-bond donors (Lipinski definition) is 4. The van der Waals surface area contributed by atoms with Crippen LogP contribution in [0.1, 0.15) is 457 Å². The zero-order chi connectivity index (χ0) is 90.7. The molecule has 0 spiro atoms. The van der Waals surface area contributed by atoms with Crippen LogP contribution in [-0.2, 0) is 55.8 Å². The van der Waals surface area contributed by atoms with Crippen molar-refractivity contribution in [1.82, 2.24) is 0 Å². The molecule has 0 fully saturated rings. The van der Waals surface area contributed by atoms with E-state index in [4.69, 9.17) is 32.3 Å². The first-order valence-electron chi connectivity index (χ1n) is 51.1. The Morgan fingerprint density at radius 3 is 0.632 bits per heavy atom. The van der Waals surface area contributed by atoms with Crippen molar-refractivity contribution in [2.45, 2.75) is 476 Å². The molecular formula is C107H188O16P2. The van der Waals surface area contributed by atoms with Crippen LogP contribution in [0.4, 0.5) is 0 Å². The Labute approximate surface area is 766 Å². The summed E-state index contributed by atoms with van der Waals surface area (Å²) >= 11 is 0. The maximum Gasteiger partial charge on any atom is 0.472 e. The smallest absolute Gasteiger partial charge is 0.463 e. The van der Waals surface area contributed by atoms with Crippen LogP contribution >= 0.6 is 15.6 Å². The van der Waals surface area contributed by atoms with Crippen LogP contribution in [0.15, 0.2) is 146 Å². The van der Waals surface area contributed by atoms with Crippen LogP contribution < -0.4 is 0 Å². The number of esters is 3. The topological polar surface area (TPSA) is 231 Å². The minimum Gasteiger partial charge on any atom is -0.463 e. The monoisotopic (exact) mass is 1790 g/mol. The number of rotatable bonds is 97. The van der Waals surface area contributed by atoms with Gasteiger partial charge in [-0.2, -0.15) is 0 Å². The van der Waals surface area contributed by atoms with Crippen LogP contribution in [0.25, 0.3) is 0 Å². The van der Waals surface area contributed by atoms with E-state index in [9.17, 15) is 43.5 Å². The Balaban J connectivity index is 4.57. The molecule has 0 aromatic rings. The van der Waals surface area contributed by atoms with Crippen molar-refractivity contribution in [2.75, 3.05) is 39.6 Å². The molecule has 0 aliphatic heterocycles. The first-order chi connectivity index (χ1) is 61.2. The summed E-state index contributed by atoms with van der Waals surface area (Å²) in [6.07, 6.45) is 126. The number of phosphoric ester groups is 2. The molecule has 0 radical (unpaired) electrons. The molecule has 722 valence electrons. The lowest BCUT2D eigenvalue weighted by Crippen LogP contribution is -2.30. The molecule has 0 aliphatic rings. The zero-order valence-corrected chi connectivity index (χ0v) is 81.8. The Hall–Kier alpha value is -4.57. The molecule has 0 rings (SSSR count). The summed E-state index contributed by atoms with van der Waals surface area (Å²) in [6, 6.07) is 0. The molecule has 0 aromatic heterocycles. The van der Waals surface area contributed by atoms with Gasteiger partial charge in [-0.25, -0.2) is 9.13 Å². The van der Waals surface area contributed by atoms with E-state index in [2.05, 4.69) is 167 Å². The first-order valence-corrected chi connectivity index (χ1v) is 54.1. The molecule has 0 saturated carbocycles. The summed E-state index contributed by atoms with van der Waals surface area (Å²) in [6.45, 7) is 2.68. The van der Waals surface area contributed by atoms with Crippen LogP contribution in [-0.4, -0.2) is 95.9 Å². The van der Waals surface area contributed by atoms with Gasteiger partial charge in [0.05, 0.1) is 26.4 Å². The second kappa shape index (κ2) is 98.5. The van der Waals surface area contributed by atoms with Crippen molar-refractivity contribution >= 4 is 33.6 Å². The fraction of sp³-hybridized carbons (Fsp3) is 0.748. The average Bonchev–Trinajstić information content (AvgIpc) is 0.906. The summed E-state index contributed by atoms with van der Waals surface area (Å²) in [5.74, 6) is -1.56. The number of phosphoric acid groups is 2. The molecule has 4 N–H and O–H groups in total. The van der Waals surface area contributed by atoms with Gasteiger partial charge in [-0.05, 0) is 154 Å². The first kappa shape index (κ1) is 120. The number of allylic oxidation sites excluding steroid dienone is 24. The van der Waals surface area contributed by atoms with Gasteiger partial charge >= 0.3 is 33.6 Å². The standard InChI is InChI=1S/C107H188O16P2/c1-4-7-10-13-16-19-22-25-28-31-34-37-40-43-46-47-48-49-50-51-52-53-56-58-60-63-66-69-72-75-78-81-84-87-90-93-105(110)117-96-102(108)97-119-124(113,114)120-98-103(109)99-121-125(115,116)122-101-104(123-107(112)95-92-89-86-83-80-77-74-71-68-65-62-59-55-45-42-39-36-33-30-27-24-21-18-15-12-9-6-3)100-118-106(111)94-91-88-85-82-79-76-73-70-67-64-61-57-54-44-41-38-35-32-29-26-23-20-17-14-11-8-5-2/h16-21,25-30,34-39,43-46,54-55,102-104,108-109H,4-15,22-24,31-33,40-42,47-53,56-101H2,1-3H3,(H,113,114)(H,115,116)/b19-16-,20-17-,21-18-,28-25-,29-26-,30-27-,37-34-,38-35-,39-36-,46-43-,54-44-,55-45-. The van der Waals surface area contributed by atoms with Crippen LogP contribution in [0.2, 0.25) is 0 Å². The number of carbonyl (C=O) groups is 3. The van der Waals surface area contributed by atoms with E-state index in [0.29, 0.717) is 19.3 Å². The molecule has 18 heteroatoms. The number of aliphatic hydroxyl groups excluding tert-OH is 2. The van der Waals surface area contributed by atoms with E-state index >= 15 is 0 Å². The highest BCUT2D eigenvalue weighted by Gasteiger charge is 2.30. The lowest BCUT2D eigenvalue weighted by molar-refractivity contribution is -0.161. The van der Waals surface area contributed by atoms with E-state index < -0.39 is 91.5 Å². The molecule has 0 aliphatic carbocycles. The third-order valence-corrected chi connectivity index (χ3v) is 23.9. The van der Waals surface area contributed by atoms with Crippen molar-refractivity contribution in [3.63, 3.8) is 0 Å². The van der Waals surface area contributed by atoms with Gasteiger partial charge in [-0.3, -0.25) is 32.5 Å². The van der Waals surface area contributed by atoms with Crippen molar-refractivity contribution in [3.8, 4) is 0 Å². The fourth-order valence-electron chi connectivity index (χ4n) is 14.2. The minimum absolute atomic E-state index is 0.0983. The molecule has 125 heavy (non-hydrogen) atoms. The highest BCUT2D eigenvalue weighted by Crippen LogP contribution is 2.45. The Kier molecular flexibility index (Phi) is 94.9. The van der Waals surface area contributed by atoms with Crippen LogP contribution in [0.3, 0.4) is 0 Å².